The molecule has 1 aromatic carbocycles. The minimum Gasteiger partial charge on any atom is -0.480 e. The molecule has 0 aliphatic carbocycles. The van der Waals surface area contributed by atoms with Gasteiger partial charge in [0.05, 0.1) is 26.2 Å². The van der Waals surface area contributed by atoms with Crippen LogP contribution in [-0.2, 0) is 30.4 Å². The number of unbranched alkanes of at least 4 members (excludes halogenated alkanes) is 5. The Morgan fingerprint density at radius 1 is 0.659 bits per heavy atom. The molecule has 0 heterocycles. The summed E-state index contributed by atoms with van der Waals surface area (Å²) in [6.07, 6.45) is 7.89. The lowest BCUT2D eigenvalue weighted by molar-refractivity contribution is -0.140. The Bertz CT molecular complexity index is 972. The van der Waals surface area contributed by atoms with Crippen molar-refractivity contribution in [2.24, 2.45) is 0 Å². The van der Waals surface area contributed by atoms with Crippen LogP contribution in [0.4, 0.5) is 5.69 Å². The number of rotatable bonds is 24. The summed E-state index contributed by atoms with van der Waals surface area (Å²) in [5.41, 5.74) is 1.47. The molecule has 0 spiro atoms. The first-order valence-corrected chi connectivity index (χ1v) is 13.9. The quantitative estimate of drug-likeness (QED) is 0.111. The molecule has 0 aromatic heterocycles. The highest BCUT2D eigenvalue weighted by Gasteiger charge is 2.23. The van der Waals surface area contributed by atoms with Gasteiger partial charge in [0.25, 0.3) is 0 Å². The highest BCUT2D eigenvalue weighted by atomic mass is 16.4. The van der Waals surface area contributed by atoms with Crippen LogP contribution in [0.15, 0.2) is 24.3 Å². The van der Waals surface area contributed by atoms with E-state index in [0.29, 0.717) is 5.69 Å². The molecular weight excluding hydrogens is 536 g/mol. The maximum atomic E-state index is 13.2. The zero-order chi connectivity index (χ0) is 30.6. The predicted molar refractivity (Wildman–Crippen MR) is 152 cm³/mol. The molecule has 0 aliphatic heterocycles. The SMILES string of the molecule is CCCCCCCCc1ccc(N(CC(=O)O)C(=O)CN(CCN(CCNCC(=O)O)CC(=O)O)CC(=O)O)cc1. The van der Waals surface area contributed by atoms with Gasteiger partial charge in [-0.3, -0.25) is 33.8 Å². The van der Waals surface area contributed by atoms with Crippen molar-refractivity contribution in [2.45, 2.75) is 51.9 Å². The fourth-order valence-electron chi connectivity index (χ4n) is 4.27. The Morgan fingerprint density at radius 3 is 1.80 bits per heavy atom. The van der Waals surface area contributed by atoms with E-state index in [9.17, 15) is 39.3 Å². The molecule has 0 saturated carbocycles. The zero-order valence-corrected chi connectivity index (χ0v) is 23.8. The second-order valence-electron chi connectivity index (χ2n) is 9.90. The number of hydrogen-bond acceptors (Lipinski definition) is 8. The van der Waals surface area contributed by atoms with Crippen molar-refractivity contribution in [3.63, 3.8) is 0 Å². The molecule has 13 heteroatoms. The van der Waals surface area contributed by atoms with Crippen LogP contribution >= 0.6 is 0 Å². The van der Waals surface area contributed by atoms with Crippen molar-refractivity contribution >= 4 is 35.5 Å². The van der Waals surface area contributed by atoms with E-state index in [1.165, 1.54) is 35.5 Å². The van der Waals surface area contributed by atoms with Gasteiger partial charge in [0.15, 0.2) is 0 Å². The van der Waals surface area contributed by atoms with E-state index in [4.69, 9.17) is 5.11 Å². The predicted octanol–water partition coefficient (Wildman–Crippen LogP) is 1.45. The second kappa shape index (κ2) is 20.3. The van der Waals surface area contributed by atoms with Gasteiger partial charge >= 0.3 is 23.9 Å². The molecule has 0 aliphatic rings. The third kappa shape index (κ3) is 17.0. The summed E-state index contributed by atoms with van der Waals surface area (Å²) >= 11 is 0. The molecule has 0 unspecified atom stereocenters. The van der Waals surface area contributed by atoms with E-state index < -0.39 is 49.4 Å². The minimum atomic E-state index is -1.22. The number of carbonyl (C=O) groups is 5. The Kier molecular flexibility index (Phi) is 17.6. The Labute approximate surface area is 240 Å². The number of nitrogens with one attached hydrogen (secondary N) is 1. The molecule has 5 N–H and O–H groups in total. The van der Waals surface area contributed by atoms with Crippen LogP contribution in [0.3, 0.4) is 0 Å². The lowest BCUT2D eigenvalue weighted by Gasteiger charge is -2.28. The average Bonchev–Trinajstić information content (AvgIpc) is 2.89. The number of hydrogen-bond donors (Lipinski definition) is 5. The van der Waals surface area contributed by atoms with Crippen molar-refractivity contribution < 1.29 is 44.4 Å². The van der Waals surface area contributed by atoms with Crippen LogP contribution in [0, 0.1) is 0 Å². The summed E-state index contributed by atoms with van der Waals surface area (Å²) in [5, 5.41) is 39.4. The lowest BCUT2D eigenvalue weighted by Crippen LogP contribution is -2.47. The number of carboxylic acids is 4. The smallest absolute Gasteiger partial charge is 0.323 e. The number of aliphatic carboxylic acids is 4. The van der Waals surface area contributed by atoms with E-state index in [1.54, 1.807) is 12.1 Å². The molecule has 1 rings (SSSR count). The van der Waals surface area contributed by atoms with Crippen LogP contribution in [0.5, 0.6) is 0 Å². The summed E-state index contributed by atoms with van der Waals surface area (Å²) in [4.78, 5) is 62.0. The second-order valence-corrected chi connectivity index (χ2v) is 9.90. The van der Waals surface area contributed by atoms with Crippen molar-refractivity contribution in [1.82, 2.24) is 15.1 Å². The first-order chi connectivity index (χ1) is 19.5. The highest BCUT2D eigenvalue weighted by Crippen LogP contribution is 2.18. The molecule has 0 bridgehead atoms. The lowest BCUT2D eigenvalue weighted by atomic mass is 10.0. The van der Waals surface area contributed by atoms with Crippen LogP contribution in [-0.4, -0.2) is 119 Å². The van der Waals surface area contributed by atoms with Crippen LogP contribution in [0.2, 0.25) is 0 Å². The van der Waals surface area contributed by atoms with E-state index in [1.807, 2.05) is 12.1 Å². The number of carbonyl (C=O) groups excluding carboxylic acids is 1. The minimum absolute atomic E-state index is 0.0162. The number of carboxylic acid groups (broad SMARTS) is 4. The highest BCUT2D eigenvalue weighted by molar-refractivity contribution is 5.98. The van der Waals surface area contributed by atoms with E-state index in [-0.39, 0.29) is 39.3 Å². The molecule has 0 radical (unpaired) electrons. The molecule has 230 valence electrons. The third-order valence-electron chi connectivity index (χ3n) is 6.35. The van der Waals surface area contributed by atoms with E-state index in [2.05, 4.69) is 12.2 Å². The van der Waals surface area contributed by atoms with Gasteiger partial charge in [0.1, 0.15) is 6.54 Å². The Balaban J connectivity index is 2.85. The maximum Gasteiger partial charge on any atom is 0.323 e. The molecule has 41 heavy (non-hydrogen) atoms. The van der Waals surface area contributed by atoms with Crippen LogP contribution in [0.1, 0.15) is 51.0 Å². The first-order valence-electron chi connectivity index (χ1n) is 13.9. The summed E-state index contributed by atoms with van der Waals surface area (Å²) < 4.78 is 0. The van der Waals surface area contributed by atoms with Crippen LogP contribution in [0.25, 0.3) is 0 Å². The average molecular weight is 581 g/mol. The molecule has 0 atom stereocenters. The van der Waals surface area contributed by atoms with Crippen molar-refractivity contribution in [2.75, 3.05) is 63.8 Å². The fourth-order valence-corrected chi connectivity index (χ4v) is 4.27. The third-order valence-corrected chi connectivity index (χ3v) is 6.35. The standard InChI is InChI=1S/C28H44N4O9/c1-2-3-4-5-6-7-8-22-9-11-23(12-10-22)32(21-28(40)41)24(33)18-31(20-27(38)39)16-15-30(19-26(36)37)14-13-29-17-25(34)35/h9-12,29H,2-8,13-21H2,1H3,(H,34,35)(H,36,37)(H,38,39)(H,40,41). The van der Waals surface area contributed by atoms with Gasteiger partial charge in [-0.05, 0) is 30.5 Å². The molecule has 1 aromatic rings. The van der Waals surface area contributed by atoms with Gasteiger partial charge in [-0.25, -0.2) is 0 Å². The first kappa shape index (κ1) is 35.5. The molecule has 13 nitrogen and oxygen atoms in total. The van der Waals surface area contributed by atoms with Crippen LogP contribution < -0.4 is 10.2 Å². The van der Waals surface area contributed by atoms with Gasteiger partial charge in [-0.15, -0.1) is 0 Å². The Hall–Kier alpha value is -3.55. The fraction of sp³-hybridized carbons (Fsp3) is 0.607. The van der Waals surface area contributed by atoms with Gasteiger partial charge in [0, 0.05) is 31.9 Å². The van der Waals surface area contributed by atoms with Gasteiger partial charge in [0.2, 0.25) is 5.91 Å². The van der Waals surface area contributed by atoms with Crippen molar-refractivity contribution in [1.29, 1.82) is 0 Å². The molecular formula is C28H44N4O9. The normalized spacial score (nSPS) is 11.1. The van der Waals surface area contributed by atoms with Gasteiger partial charge in [-0.1, -0.05) is 51.2 Å². The van der Waals surface area contributed by atoms with Crippen molar-refractivity contribution in [3.8, 4) is 0 Å². The molecule has 1 amide bonds. The zero-order valence-electron chi connectivity index (χ0n) is 23.8. The van der Waals surface area contributed by atoms with Gasteiger partial charge < -0.3 is 30.6 Å². The number of aryl methyl sites for hydroxylation is 1. The largest absolute Gasteiger partial charge is 0.480 e. The number of benzene rings is 1. The topological polar surface area (TPSA) is 188 Å². The number of anilines is 1. The number of nitrogens with zero attached hydrogens (tertiary/aromatic N) is 3. The monoisotopic (exact) mass is 580 g/mol. The molecule has 0 fully saturated rings. The van der Waals surface area contributed by atoms with Crippen molar-refractivity contribution in [3.05, 3.63) is 29.8 Å². The maximum absolute atomic E-state index is 13.2. The Morgan fingerprint density at radius 2 is 1.22 bits per heavy atom. The summed E-state index contributed by atoms with van der Waals surface area (Å²) in [6, 6.07) is 7.10. The summed E-state index contributed by atoms with van der Waals surface area (Å²) in [7, 11) is 0. The van der Waals surface area contributed by atoms with E-state index >= 15 is 0 Å². The summed E-state index contributed by atoms with van der Waals surface area (Å²) in [6.45, 7) is 0.502. The summed E-state index contributed by atoms with van der Waals surface area (Å²) in [5.74, 6) is -5.20. The molecule has 0 saturated heterocycles. The number of amides is 1. The van der Waals surface area contributed by atoms with E-state index in [0.717, 1.165) is 29.7 Å². The van der Waals surface area contributed by atoms with Gasteiger partial charge in [-0.2, -0.15) is 0 Å².